The molecular weight excluding hydrogens is 1810 g/mol. The predicted molar refractivity (Wildman–Crippen MR) is 409 cm³/mol. The molecule has 0 radical (unpaired) electrons. The number of carboxylic acids is 2. The molecule has 0 atom stereocenters. The second kappa shape index (κ2) is 53.2. The Morgan fingerprint density at radius 3 is 0.545 bits per heavy atom. The van der Waals surface area contributed by atoms with Crippen molar-refractivity contribution in [3.05, 3.63) is 275 Å². The number of carbonyl (C=O) groups excluding carboxylic acids is 10. The van der Waals surface area contributed by atoms with Crippen molar-refractivity contribution in [2.45, 2.75) is 20.8 Å². The van der Waals surface area contributed by atoms with Crippen molar-refractivity contribution in [2.75, 3.05) is 62.5 Å². The summed E-state index contributed by atoms with van der Waals surface area (Å²) >= 11 is 19.1. The number of rotatable bonds is 14. The Hall–Kier alpha value is -8.74. The molecular formula is C72H68Cl2I4O23. The lowest BCUT2D eigenvalue weighted by Gasteiger charge is -2.02. The highest BCUT2D eigenvalue weighted by Gasteiger charge is 2.12. The van der Waals surface area contributed by atoms with E-state index in [-0.39, 0.29) is 24.1 Å². The molecule has 8 aromatic rings. The summed E-state index contributed by atoms with van der Waals surface area (Å²) in [6.45, 7) is 6.22. The molecule has 0 spiro atoms. The third-order valence-corrected chi connectivity index (χ3v) is 14.7. The summed E-state index contributed by atoms with van der Waals surface area (Å²) < 4.78 is 41.0. The van der Waals surface area contributed by atoms with Gasteiger partial charge in [-0.1, -0.05) is 0 Å². The molecule has 0 bridgehead atoms. The fourth-order valence-electron chi connectivity index (χ4n) is 6.45. The first kappa shape index (κ1) is 92.3. The topological polar surface area (TPSA) is 339 Å². The van der Waals surface area contributed by atoms with Gasteiger partial charge in [-0.15, -0.1) is 0 Å². The molecule has 29 heteroatoms. The lowest BCUT2D eigenvalue weighted by molar-refractivity contribution is 0.0516. The molecule has 0 aliphatic carbocycles. The zero-order valence-electron chi connectivity index (χ0n) is 55.4. The minimum Gasteiger partial charge on any atom is -0.478 e. The fourth-order valence-corrected chi connectivity index (χ4v) is 8.14. The van der Waals surface area contributed by atoms with Crippen LogP contribution in [0.1, 0.15) is 145 Å². The zero-order chi connectivity index (χ0) is 76.6. The lowest BCUT2D eigenvalue weighted by Crippen LogP contribution is -2.06. The van der Waals surface area contributed by atoms with E-state index in [2.05, 4.69) is 119 Å². The Morgan fingerprint density at radius 2 is 0.396 bits per heavy atom. The summed E-state index contributed by atoms with van der Waals surface area (Å²) in [5.41, 5.74) is 4.95. The van der Waals surface area contributed by atoms with Crippen LogP contribution in [0.3, 0.4) is 0 Å². The van der Waals surface area contributed by atoms with Crippen molar-refractivity contribution in [3.63, 3.8) is 0 Å². The number of esters is 8. The number of ether oxygens (including phenoxy) is 8. The van der Waals surface area contributed by atoms with Crippen molar-refractivity contribution in [1.29, 1.82) is 0 Å². The summed E-state index contributed by atoms with van der Waals surface area (Å²) in [5.74, 6) is -5.03. The van der Waals surface area contributed by atoms with Gasteiger partial charge < -0.3 is 53.2 Å². The summed E-state index contributed by atoms with van der Waals surface area (Å²) in [6, 6.07) is 51.9. The van der Waals surface area contributed by atoms with E-state index in [1.165, 1.54) is 140 Å². The highest BCUT2D eigenvalue weighted by molar-refractivity contribution is 14.1. The van der Waals surface area contributed by atoms with Crippen LogP contribution in [0.25, 0.3) is 0 Å². The minimum absolute atomic E-state index is 0.146. The maximum absolute atomic E-state index is 11.3. The first-order valence-corrected chi connectivity index (χ1v) is 33.8. The maximum Gasteiger partial charge on any atom is 0.338 e. The standard InChI is InChI=1S/C11H12O4.C10H10O4.C9H7ClO3.C9H9IO2.C9H8O4.C8H7IO2.C7H4ClIO.C7H5IO2.C2H6O/c1-3-15-11(13)9-6-4-8(5-7-9)10(12)14-2;1-13-9(11)7-3-5-8(6-4-7)10(12)14-2;1-13-9(12)7-4-2-6(3-5-7)8(10)11;1-2-12-9(11)7-3-5-8(10)6-4-7;1-13-9(12)7-4-2-6(3-5-7)8(10)11;1-11-8(10)6-2-4-7(9)5-3-6;8-7(10)5-1-3-6(9)4-2-5;8-6-3-1-5(2-4-6)7(9)10;1-2-3/h4-7H,3H2,1-2H3;3-6H,1-2H3;2-5H,1H3;3-6H,2H2,1H3;2-5H,1H3,(H,10,11);2-5H,1H3;1-4H;1-4H,(H,9,10);3H,2H2,1H3. The van der Waals surface area contributed by atoms with Crippen LogP contribution in [0.2, 0.25) is 0 Å². The van der Waals surface area contributed by atoms with Crippen molar-refractivity contribution < 1.29 is 111 Å². The van der Waals surface area contributed by atoms with E-state index >= 15 is 0 Å². The highest BCUT2D eigenvalue weighted by Crippen LogP contribution is 2.14. The fraction of sp³-hybridized carbons (Fsp3) is 0.167. The van der Waals surface area contributed by atoms with Crippen LogP contribution >= 0.6 is 114 Å². The van der Waals surface area contributed by atoms with Crippen LogP contribution in [0.15, 0.2) is 194 Å². The normalized spacial score (nSPS) is 9.27. The van der Waals surface area contributed by atoms with Gasteiger partial charge in [0.2, 0.25) is 0 Å². The smallest absolute Gasteiger partial charge is 0.338 e. The first-order chi connectivity index (χ1) is 47.9. The van der Waals surface area contributed by atoms with Crippen LogP contribution < -0.4 is 0 Å². The van der Waals surface area contributed by atoms with Gasteiger partial charge >= 0.3 is 59.7 Å². The molecule has 0 amide bonds. The number of carbonyl (C=O) groups is 12. The van der Waals surface area contributed by atoms with Crippen molar-refractivity contribution in [2.24, 2.45) is 0 Å². The molecule has 101 heavy (non-hydrogen) atoms. The van der Waals surface area contributed by atoms with E-state index in [4.69, 9.17) is 48.0 Å². The molecule has 8 rings (SSSR count). The Morgan fingerprint density at radius 1 is 0.267 bits per heavy atom. The number of methoxy groups -OCH3 is 6. The SMILES string of the molecule is CCO.CCOC(=O)c1ccc(C(=O)OC)cc1.CCOC(=O)c1ccc(I)cc1.COC(=O)c1ccc(C(=O)Cl)cc1.COC(=O)c1ccc(C(=O)O)cc1.COC(=O)c1ccc(C(=O)OC)cc1.COC(=O)c1ccc(I)cc1.O=C(Cl)c1ccc(I)cc1.O=C(O)c1ccc(I)cc1. The number of aliphatic hydroxyl groups excluding tert-OH is 1. The Labute approximate surface area is 647 Å². The van der Waals surface area contributed by atoms with E-state index < -0.39 is 58.2 Å². The van der Waals surface area contributed by atoms with E-state index in [9.17, 15) is 57.5 Å². The third kappa shape index (κ3) is 38.6. The summed E-state index contributed by atoms with van der Waals surface area (Å²) in [6.07, 6.45) is 0. The number of hydrogen-bond acceptors (Lipinski definition) is 21. The van der Waals surface area contributed by atoms with E-state index in [1.54, 1.807) is 81.4 Å². The van der Waals surface area contributed by atoms with Crippen LogP contribution in [0, 0.1) is 14.3 Å². The van der Waals surface area contributed by atoms with Gasteiger partial charge in [0.05, 0.1) is 112 Å². The monoisotopic (exact) mass is 1880 g/mol. The summed E-state index contributed by atoms with van der Waals surface area (Å²) in [7, 11) is 7.85. The van der Waals surface area contributed by atoms with E-state index in [1.807, 2.05) is 36.4 Å². The molecule has 0 fully saturated rings. The molecule has 23 nitrogen and oxygen atoms in total. The van der Waals surface area contributed by atoms with Gasteiger partial charge in [0.1, 0.15) is 0 Å². The largest absolute Gasteiger partial charge is 0.478 e. The predicted octanol–water partition coefficient (Wildman–Crippen LogP) is 15.1. The van der Waals surface area contributed by atoms with Crippen LogP contribution in [0.4, 0.5) is 0 Å². The van der Waals surface area contributed by atoms with Crippen LogP contribution in [0.5, 0.6) is 0 Å². The van der Waals surface area contributed by atoms with Crippen LogP contribution in [-0.4, -0.2) is 148 Å². The Bertz CT molecular complexity index is 3750. The van der Waals surface area contributed by atoms with Gasteiger partial charge in [0.15, 0.2) is 0 Å². The quantitative estimate of drug-likeness (QED) is 0.0394. The minimum atomic E-state index is -1.02. The van der Waals surface area contributed by atoms with Crippen molar-refractivity contribution in [3.8, 4) is 0 Å². The zero-order valence-corrected chi connectivity index (χ0v) is 65.5. The summed E-state index contributed by atoms with van der Waals surface area (Å²) in [5, 5.41) is 23.6. The Balaban J connectivity index is 0.00000113. The van der Waals surface area contributed by atoms with Crippen molar-refractivity contribution in [1.82, 2.24) is 0 Å². The number of halogens is 6. The van der Waals surface area contributed by atoms with Gasteiger partial charge in [-0.25, -0.2) is 47.9 Å². The van der Waals surface area contributed by atoms with Gasteiger partial charge in [-0.3, -0.25) is 9.59 Å². The molecule has 8 aromatic carbocycles. The third-order valence-electron chi connectivity index (χ3n) is 11.4. The molecule has 0 unspecified atom stereocenters. The molecule has 0 aliphatic heterocycles. The molecule has 536 valence electrons. The number of carboxylic acid groups (broad SMARTS) is 2. The molecule has 0 heterocycles. The van der Waals surface area contributed by atoms with E-state index in [0.717, 1.165) is 14.3 Å². The van der Waals surface area contributed by atoms with Gasteiger partial charge in [0, 0.05) is 32.0 Å². The number of aromatic carboxylic acids is 2. The average Bonchev–Trinajstić information content (AvgIpc) is 0.914. The van der Waals surface area contributed by atoms with Crippen molar-refractivity contribution >= 4 is 184 Å². The number of benzene rings is 8. The second-order valence-corrected chi connectivity index (χ2v) is 23.9. The van der Waals surface area contributed by atoms with Crippen LogP contribution in [-0.2, 0) is 37.9 Å². The second-order valence-electron chi connectivity index (χ2n) is 18.2. The molecule has 3 N–H and O–H groups in total. The molecule has 0 saturated heterocycles. The van der Waals surface area contributed by atoms with Gasteiger partial charge in [-0.2, -0.15) is 0 Å². The number of hydrogen-bond donors (Lipinski definition) is 3. The average molecular weight is 1880 g/mol. The molecule has 0 aromatic heterocycles. The first-order valence-electron chi connectivity index (χ1n) is 28.7. The number of aliphatic hydroxyl groups is 1. The van der Waals surface area contributed by atoms with Gasteiger partial charge in [0.25, 0.3) is 10.5 Å². The molecule has 0 saturated carbocycles. The highest BCUT2D eigenvalue weighted by atomic mass is 127. The van der Waals surface area contributed by atoms with Gasteiger partial charge in [-0.05, 0) is 328 Å². The maximum atomic E-state index is 11.3. The molecule has 0 aliphatic rings. The van der Waals surface area contributed by atoms with E-state index in [0.29, 0.717) is 74.4 Å². The summed E-state index contributed by atoms with van der Waals surface area (Å²) in [4.78, 5) is 130. The lowest BCUT2D eigenvalue weighted by atomic mass is 10.1. The Kier molecular flexibility index (Phi) is 48.6.